The number of hydrogen-bond donors (Lipinski definition) is 0. The first kappa shape index (κ1) is 17.4. The predicted octanol–water partition coefficient (Wildman–Crippen LogP) is 5.11. The summed E-state index contributed by atoms with van der Waals surface area (Å²) >= 11 is 0. The van der Waals surface area contributed by atoms with E-state index in [2.05, 4.69) is 0 Å². The molecule has 0 radical (unpaired) electrons. The number of benzene rings is 3. The van der Waals surface area contributed by atoms with Crippen molar-refractivity contribution in [3.05, 3.63) is 107 Å². The Morgan fingerprint density at radius 2 is 1.42 bits per heavy atom. The lowest BCUT2D eigenvalue weighted by Gasteiger charge is -2.07. The maximum atomic E-state index is 12.3. The Morgan fingerprint density at radius 1 is 0.769 bits per heavy atom. The highest BCUT2D eigenvalue weighted by atomic mass is 16.5. The van der Waals surface area contributed by atoms with Crippen molar-refractivity contribution < 1.29 is 14.3 Å². The molecule has 0 heterocycles. The van der Waals surface area contributed by atoms with Gasteiger partial charge in [-0.05, 0) is 37.3 Å². The number of ether oxygens (including phenoxy) is 1. The van der Waals surface area contributed by atoms with Gasteiger partial charge in [0.2, 0.25) is 0 Å². The molecule has 3 heteroatoms. The van der Waals surface area contributed by atoms with Gasteiger partial charge in [-0.25, -0.2) is 4.79 Å². The third-order valence-electron chi connectivity index (χ3n) is 3.88. The number of carbonyl (C=O) groups excluding carboxylic acids is 2. The van der Waals surface area contributed by atoms with Crippen LogP contribution in [0.4, 0.5) is 0 Å². The van der Waals surface area contributed by atoms with Gasteiger partial charge in [0.15, 0.2) is 5.78 Å². The van der Waals surface area contributed by atoms with Gasteiger partial charge in [-0.2, -0.15) is 0 Å². The van der Waals surface area contributed by atoms with Gasteiger partial charge in [0.1, 0.15) is 5.75 Å². The van der Waals surface area contributed by atoms with Crippen LogP contribution in [0.1, 0.15) is 31.8 Å². The van der Waals surface area contributed by atoms with E-state index in [4.69, 9.17) is 4.74 Å². The molecule has 0 aliphatic carbocycles. The van der Waals surface area contributed by atoms with Crippen molar-refractivity contribution in [2.24, 2.45) is 0 Å². The Labute approximate surface area is 152 Å². The minimum atomic E-state index is -0.430. The van der Waals surface area contributed by atoms with E-state index >= 15 is 0 Å². The first-order valence-electron chi connectivity index (χ1n) is 8.29. The van der Waals surface area contributed by atoms with Gasteiger partial charge in [-0.3, -0.25) is 4.79 Å². The summed E-state index contributed by atoms with van der Waals surface area (Å²) in [6.45, 7) is 1.96. The number of ketones is 1. The Kier molecular flexibility index (Phi) is 5.40. The fraction of sp³-hybridized carbons (Fsp3) is 0.0435. The fourth-order valence-corrected chi connectivity index (χ4v) is 2.42. The minimum Gasteiger partial charge on any atom is -0.422 e. The molecule has 0 saturated carbocycles. The molecule has 3 aromatic rings. The highest BCUT2D eigenvalue weighted by Gasteiger charge is 2.10. The molecule has 0 unspecified atom stereocenters. The van der Waals surface area contributed by atoms with Crippen LogP contribution < -0.4 is 4.74 Å². The maximum absolute atomic E-state index is 12.3. The second kappa shape index (κ2) is 8.08. The maximum Gasteiger partial charge on any atom is 0.343 e. The molecule has 26 heavy (non-hydrogen) atoms. The Bertz CT molecular complexity index is 939. The zero-order valence-corrected chi connectivity index (χ0v) is 14.4. The highest BCUT2D eigenvalue weighted by molar-refractivity contribution is 6.07. The molecule has 3 rings (SSSR count). The smallest absolute Gasteiger partial charge is 0.343 e. The van der Waals surface area contributed by atoms with E-state index < -0.39 is 5.97 Å². The summed E-state index contributed by atoms with van der Waals surface area (Å²) in [5.74, 6) is -0.124. The number of hydrogen-bond acceptors (Lipinski definition) is 3. The van der Waals surface area contributed by atoms with Crippen molar-refractivity contribution in [3.63, 3.8) is 0 Å². The molecule has 3 aromatic carbocycles. The molecular weight excluding hydrogens is 324 g/mol. The molecule has 0 spiro atoms. The molecule has 0 aliphatic heterocycles. The molecule has 0 atom stereocenters. The van der Waals surface area contributed by atoms with Crippen LogP contribution in [0, 0.1) is 6.92 Å². The first-order chi connectivity index (χ1) is 12.6. The summed E-state index contributed by atoms with van der Waals surface area (Å²) in [5, 5.41) is 0. The van der Waals surface area contributed by atoms with Crippen LogP contribution in [0.3, 0.4) is 0 Å². The van der Waals surface area contributed by atoms with Gasteiger partial charge >= 0.3 is 5.97 Å². The van der Waals surface area contributed by atoms with E-state index in [1.807, 2.05) is 43.3 Å². The van der Waals surface area contributed by atoms with Crippen LogP contribution in [-0.2, 0) is 0 Å². The number of esters is 1. The zero-order chi connectivity index (χ0) is 18.4. The molecule has 0 amide bonds. The first-order valence-corrected chi connectivity index (χ1v) is 8.29. The largest absolute Gasteiger partial charge is 0.422 e. The molecule has 0 fully saturated rings. The Morgan fingerprint density at radius 3 is 2.15 bits per heavy atom. The van der Waals surface area contributed by atoms with E-state index in [0.29, 0.717) is 22.4 Å². The number of carbonyl (C=O) groups is 2. The molecule has 0 bridgehead atoms. The molecular formula is C23H18O3. The SMILES string of the molecule is Cc1ccc(C(=O)Oc2ccccc2/C=C/C(=O)c2ccccc2)cc1. The van der Waals surface area contributed by atoms with E-state index in [0.717, 1.165) is 5.56 Å². The van der Waals surface area contributed by atoms with Gasteiger partial charge in [0, 0.05) is 11.1 Å². The second-order valence-corrected chi connectivity index (χ2v) is 5.86. The van der Waals surface area contributed by atoms with Gasteiger partial charge in [-0.1, -0.05) is 66.2 Å². The van der Waals surface area contributed by atoms with E-state index in [-0.39, 0.29) is 5.78 Å². The van der Waals surface area contributed by atoms with Crippen molar-refractivity contribution in [2.45, 2.75) is 6.92 Å². The van der Waals surface area contributed by atoms with Gasteiger partial charge in [0.05, 0.1) is 5.56 Å². The van der Waals surface area contributed by atoms with Crippen molar-refractivity contribution in [3.8, 4) is 5.75 Å². The zero-order valence-electron chi connectivity index (χ0n) is 14.4. The van der Waals surface area contributed by atoms with Crippen LogP contribution in [0.15, 0.2) is 84.9 Å². The highest BCUT2D eigenvalue weighted by Crippen LogP contribution is 2.21. The van der Waals surface area contributed by atoms with Crippen LogP contribution >= 0.6 is 0 Å². The van der Waals surface area contributed by atoms with E-state index in [1.54, 1.807) is 48.5 Å². The van der Waals surface area contributed by atoms with Crippen molar-refractivity contribution >= 4 is 17.8 Å². The van der Waals surface area contributed by atoms with Crippen LogP contribution in [0.2, 0.25) is 0 Å². The number of aryl methyl sites for hydroxylation is 1. The summed E-state index contributed by atoms with van der Waals surface area (Å²) in [6, 6.07) is 23.3. The van der Waals surface area contributed by atoms with Crippen molar-refractivity contribution in [2.75, 3.05) is 0 Å². The molecule has 3 nitrogen and oxygen atoms in total. The second-order valence-electron chi connectivity index (χ2n) is 5.86. The van der Waals surface area contributed by atoms with Gasteiger partial charge < -0.3 is 4.74 Å². The quantitative estimate of drug-likeness (QED) is 0.280. The summed E-state index contributed by atoms with van der Waals surface area (Å²) in [4.78, 5) is 24.5. The number of allylic oxidation sites excluding steroid dienone is 1. The minimum absolute atomic E-state index is 0.106. The molecule has 0 N–H and O–H groups in total. The van der Waals surface area contributed by atoms with Crippen LogP contribution in [-0.4, -0.2) is 11.8 Å². The lowest BCUT2D eigenvalue weighted by atomic mass is 10.1. The Hall–Kier alpha value is -3.46. The van der Waals surface area contributed by atoms with Crippen LogP contribution in [0.5, 0.6) is 5.75 Å². The standard InChI is InChI=1S/C23H18O3/c1-17-11-13-20(14-12-17)23(25)26-22-10-6-5-9-19(22)15-16-21(24)18-7-3-2-4-8-18/h2-16H,1H3/b16-15+. The normalized spacial score (nSPS) is 10.7. The van der Waals surface area contributed by atoms with E-state index in [1.165, 1.54) is 6.08 Å². The lowest BCUT2D eigenvalue weighted by molar-refractivity contribution is 0.0734. The molecule has 0 aliphatic rings. The average molecular weight is 342 g/mol. The predicted molar refractivity (Wildman–Crippen MR) is 102 cm³/mol. The van der Waals surface area contributed by atoms with Crippen LogP contribution in [0.25, 0.3) is 6.08 Å². The van der Waals surface area contributed by atoms with Crippen molar-refractivity contribution in [1.29, 1.82) is 0 Å². The summed E-state index contributed by atoms with van der Waals surface area (Å²) in [5.41, 5.74) is 2.83. The molecule has 128 valence electrons. The number of para-hydroxylation sites is 1. The topological polar surface area (TPSA) is 43.4 Å². The molecule has 0 saturated heterocycles. The lowest BCUT2D eigenvalue weighted by Crippen LogP contribution is -2.09. The third-order valence-corrected chi connectivity index (χ3v) is 3.88. The van der Waals surface area contributed by atoms with E-state index in [9.17, 15) is 9.59 Å². The summed E-state index contributed by atoms with van der Waals surface area (Å²) in [6.07, 6.45) is 3.14. The Balaban J connectivity index is 1.78. The molecule has 0 aromatic heterocycles. The fourth-order valence-electron chi connectivity index (χ4n) is 2.42. The monoisotopic (exact) mass is 342 g/mol. The summed E-state index contributed by atoms with van der Waals surface area (Å²) in [7, 11) is 0. The van der Waals surface area contributed by atoms with Gasteiger partial charge in [0.25, 0.3) is 0 Å². The van der Waals surface area contributed by atoms with Gasteiger partial charge in [-0.15, -0.1) is 0 Å². The number of rotatable bonds is 5. The summed E-state index contributed by atoms with van der Waals surface area (Å²) < 4.78 is 5.51. The average Bonchev–Trinajstić information content (AvgIpc) is 2.68. The third kappa shape index (κ3) is 4.33. The van der Waals surface area contributed by atoms with Crippen molar-refractivity contribution in [1.82, 2.24) is 0 Å².